The van der Waals surface area contributed by atoms with Crippen molar-refractivity contribution in [2.45, 2.75) is 13.0 Å². The molecule has 0 saturated carbocycles. The van der Waals surface area contributed by atoms with Crippen LogP contribution in [0.2, 0.25) is 10.0 Å². The van der Waals surface area contributed by atoms with E-state index in [4.69, 9.17) is 27.9 Å². The highest BCUT2D eigenvalue weighted by molar-refractivity contribution is 6.43. The number of hydrogen-bond donors (Lipinski definition) is 0. The van der Waals surface area contributed by atoms with Crippen molar-refractivity contribution in [1.82, 2.24) is 9.36 Å². The zero-order valence-corrected chi connectivity index (χ0v) is 12.8. The Bertz CT molecular complexity index is 726. The number of hydrogen-bond acceptors (Lipinski definition) is 2. The molecule has 4 nitrogen and oxygen atoms in total. The fourth-order valence-electron chi connectivity index (χ4n) is 2.05. The van der Waals surface area contributed by atoms with Crippen LogP contribution in [0.4, 0.5) is 8.78 Å². The van der Waals surface area contributed by atoms with E-state index in [1.54, 1.807) is 12.1 Å². The van der Waals surface area contributed by atoms with Gasteiger partial charge in [-0.2, -0.15) is 8.78 Å². The third kappa shape index (κ3) is 2.91. The highest BCUT2D eigenvalue weighted by Gasteiger charge is 2.18. The van der Waals surface area contributed by atoms with Crippen LogP contribution >= 0.6 is 23.2 Å². The predicted molar refractivity (Wildman–Crippen MR) is 76.7 cm³/mol. The van der Waals surface area contributed by atoms with Gasteiger partial charge in [-0.05, 0) is 11.6 Å². The minimum absolute atomic E-state index is 0.0585. The molecule has 0 radical (unpaired) electrons. The van der Waals surface area contributed by atoms with Crippen LogP contribution in [-0.4, -0.2) is 16.5 Å². The fraction of sp³-hybridized carbons (Fsp3) is 0.308. The summed E-state index contributed by atoms with van der Waals surface area (Å²) < 4.78 is 32.6. The average Bonchev–Trinajstić information content (AvgIpc) is 2.70. The van der Waals surface area contributed by atoms with E-state index in [9.17, 15) is 13.6 Å². The second kappa shape index (κ2) is 6.07. The first-order valence-electron chi connectivity index (χ1n) is 5.93. The monoisotopic (exact) mass is 336 g/mol. The van der Waals surface area contributed by atoms with Gasteiger partial charge in [-0.1, -0.05) is 29.3 Å². The molecule has 2 aromatic rings. The van der Waals surface area contributed by atoms with Crippen LogP contribution < -0.4 is 10.3 Å². The number of nitrogens with zero attached hydrogens (tertiary/aromatic N) is 2. The van der Waals surface area contributed by atoms with Crippen LogP contribution in [0, 0.1) is 0 Å². The maximum Gasteiger partial charge on any atom is 0.332 e. The summed E-state index contributed by atoms with van der Waals surface area (Å²) in [6.45, 7) is -2.82. The van der Waals surface area contributed by atoms with Gasteiger partial charge in [-0.15, -0.1) is 0 Å². The highest BCUT2D eigenvalue weighted by atomic mass is 35.5. The molecule has 1 aromatic carbocycles. The normalized spacial score (nSPS) is 11.2. The van der Waals surface area contributed by atoms with Crippen LogP contribution in [0.3, 0.4) is 0 Å². The molecular weight excluding hydrogens is 325 g/mol. The van der Waals surface area contributed by atoms with Crippen LogP contribution in [0.25, 0.3) is 0 Å². The molecular formula is C13H12Cl2F2N2O2. The molecule has 0 N–H and O–H groups in total. The first-order chi connectivity index (χ1) is 9.86. The molecule has 0 spiro atoms. The molecule has 0 fully saturated rings. The van der Waals surface area contributed by atoms with E-state index in [2.05, 4.69) is 0 Å². The maximum absolute atomic E-state index is 13.0. The first-order valence-corrected chi connectivity index (χ1v) is 6.68. The minimum Gasteiger partial charge on any atom is -0.495 e. The van der Waals surface area contributed by atoms with Gasteiger partial charge < -0.3 is 4.74 Å². The lowest BCUT2D eigenvalue weighted by Gasteiger charge is -2.13. The van der Waals surface area contributed by atoms with E-state index in [1.807, 2.05) is 0 Å². The Morgan fingerprint density at radius 2 is 1.95 bits per heavy atom. The molecule has 0 aliphatic rings. The van der Waals surface area contributed by atoms with E-state index < -0.39 is 12.1 Å². The molecule has 0 unspecified atom stereocenters. The van der Waals surface area contributed by atoms with Crippen molar-refractivity contribution >= 4 is 23.2 Å². The van der Waals surface area contributed by atoms with Gasteiger partial charge in [0.25, 0.3) is 5.56 Å². The van der Waals surface area contributed by atoms with Gasteiger partial charge in [0.05, 0.1) is 17.8 Å². The van der Waals surface area contributed by atoms with E-state index in [1.165, 1.54) is 14.2 Å². The molecule has 114 valence electrons. The lowest BCUT2D eigenvalue weighted by Crippen LogP contribution is -2.20. The van der Waals surface area contributed by atoms with Crippen molar-refractivity contribution < 1.29 is 13.5 Å². The second-order valence-corrected chi connectivity index (χ2v) is 5.11. The summed E-state index contributed by atoms with van der Waals surface area (Å²) in [6.07, 6.45) is 0.0585. The Morgan fingerprint density at radius 3 is 2.52 bits per heavy atom. The third-order valence-corrected chi connectivity index (χ3v) is 4.03. The maximum atomic E-state index is 13.0. The summed E-state index contributed by atoms with van der Waals surface area (Å²) in [5.74, 6) is 0.393. The van der Waals surface area contributed by atoms with Crippen LogP contribution in [-0.2, 0) is 13.5 Å². The number of benzene rings is 1. The molecule has 0 bridgehead atoms. The molecule has 21 heavy (non-hydrogen) atoms. The molecule has 2 rings (SSSR count). The Morgan fingerprint density at radius 1 is 1.29 bits per heavy atom. The summed E-state index contributed by atoms with van der Waals surface area (Å²) >= 11 is 12.1. The standard InChI is InChI=1S/C13H12Cl2F2N2O2/c1-18-10(20)6-8(19(18)13(16)17)5-7-3-4-9(21-2)12(15)11(7)14/h3-4,6,13H,5H2,1-2H3. The summed E-state index contributed by atoms with van der Waals surface area (Å²) in [5.41, 5.74) is 0.170. The van der Waals surface area contributed by atoms with Crippen molar-refractivity contribution in [3.8, 4) is 5.75 Å². The number of methoxy groups -OCH3 is 1. The van der Waals surface area contributed by atoms with Crippen molar-refractivity contribution in [2.75, 3.05) is 7.11 Å². The topological polar surface area (TPSA) is 36.2 Å². The zero-order valence-electron chi connectivity index (χ0n) is 11.2. The van der Waals surface area contributed by atoms with Crippen molar-refractivity contribution in [1.29, 1.82) is 0 Å². The van der Waals surface area contributed by atoms with Gasteiger partial charge in [0.15, 0.2) is 0 Å². The molecule has 0 amide bonds. The number of alkyl halides is 2. The van der Waals surface area contributed by atoms with E-state index in [0.717, 1.165) is 10.7 Å². The number of rotatable bonds is 4. The van der Waals surface area contributed by atoms with Crippen LogP contribution in [0.15, 0.2) is 23.0 Å². The number of ether oxygens (including phenoxy) is 1. The van der Waals surface area contributed by atoms with E-state index in [0.29, 0.717) is 16.0 Å². The van der Waals surface area contributed by atoms with Crippen LogP contribution in [0.5, 0.6) is 5.75 Å². The molecule has 1 aromatic heterocycles. The molecule has 0 aliphatic heterocycles. The molecule has 8 heteroatoms. The highest BCUT2D eigenvalue weighted by Crippen LogP contribution is 2.35. The van der Waals surface area contributed by atoms with Crippen molar-refractivity contribution in [3.05, 3.63) is 49.9 Å². The Balaban J connectivity index is 2.46. The van der Waals surface area contributed by atoms with Gasteiger partial charge >= 0.3 is 6.55 Å². The summed E-state index contributed by atoms with van der Waals surface area (Å²) in [7, 11) is 2.73. The Hall–Kier alpha value is -1.53. The summed E-state index contributed by atoms with van der Waals surface area (Å²) in [4.78, 5) is 11.5. The Kier molecular flexibility index (Phi) is 4.58. The quantitative estimate of drug-likeness (QED) is 0.856. The Labute approximate surface area is 129 Å². The molecule has 1 heterocycles. The minimum atomic E-state index is -2.82. The lowest BCUT2D eigenvalue weighted by molar-refractivity contribution is 0.0415. The lowest BCUT2D eigenvalue weighted by atomic mass is 10.1. The summed E-state index contributed by atoms with van der Waals surface area (Å²) in [5, 5.41) is 0.423. The molecule has 0 saturated heterocycles. The molecule has 0 aliphatic carbocycles. The first kappa shape index (κ1) is 15.9. The van der Waals surface area contributed by atoms with Crippen LogP contribution in [0.1, 0.15) is 17.8 Å². The predicted octanol–water partition coefficient (Wildman–Crippen LogP) is 3.49. The largest absolute Gasteiger partial charge is 0.495 e. The van der Waals surface area contributed by atoms with Gasteiger partial charge in [0.1, 0.15) is 10.8 Å². The fourth-order valence-corrected chi connectivity index (χ4v) is 2.53. The smallest absolute Gasteiger partial charge is 0.332 e. The van der Waals surface area contributed by atoms with Crippen molar-refractivity contribution in [3.63, 3.8) is 0 Å². The van der Waals surface area contributed by atoms with E-state index >= 15 is 0 Å². The SMILES string of the molecule is COc1ccc(Cc2cc(=O)n(C)n2C(F)F)c(Cl)c1Cl. The van der Waals surface area contributed by atoms with Gasteiger partial charge in [-0.25, -0.2) is 9.36 Å². The van der Waals surface area contributed by atoms with Gasteiger partial charge in [0.2, 0.25) is 0 Å². The third-order valence-electron chi connectivity index (χ3n) is 3.13. The van der Waals surface area contributed by atoms with Gasteiger partial charge in [0, 0.05) is 19.5 Å². The van der Waals surface area contributed by atoms with Gasteiger partial charge in [-0.3, -0.25) is 4.79 Å². The zero-order chi connectivity index (χ0) is 15.7. The average molecular weight is 337 g/mol. The summed E-state index contributed by atoms with van der Waals surface area (Å²) in [6, 6.07) is 4.37. The van der Waals surface area contributed by atoms with Crippen molar-refractivity contribution in [2.24, 2.45) is 7.05 Å². The number of halogens is 4. The second-order valence-electron chi connectivity index (χ2n) is 4.35. The number of aromatic nitrogens is 2. The van der Waals surface area contributed by atoms with E-state index in [-0.39, 0.29) is 22.2 Å². The molecule has 0 atom stereocenters.